The number of methoxy groups -OCH3 is 1. The Morgan fingerprint density at radius 2 is 2.21 bits per heavy atom. The van der Waals surface area contributed by atoms with Crippen LogP contribution in [0.2, 0.25) is 0 Å². The van der Waals surface area contributed by atoms with Crippen LogP contribution < -0.4 is 10.6 Å². The van der Waals surface area contributed by atoms with Gasteiger partial charge in [-0.1, -0.05) is 0 Å². The molecule has 1 fully saturated rings. The lowest BCUT2D eigenvalue weighted by Crippen LogP contribution is -2.57. The van der Waals surface area contributed by atoms with Crippen LogP contribution in [-0.2, 0) is 14.3 Å². The summed E-state index contributed by atoms with van der Waals surface area (Å²) in [4.78, 5) is 23.7. The first-order valence-electron chi connectivity index (χ1n) is 6.46. The Kier molecular flexibility index (Phi) is 5.26. The summed E-state index contributed by atoms with van der Waals surface area (Å²) in [5.41, 5.74) is -0.250. The molecule has 6 heteroatoms. The molecule has 1 rings (SSSR count). The Morgan fingerprint density at radius 3 is 2.74 bits per heavy atom. The van der Waals surface area contributed by atoms with Gasteiger partial charge < -0.3 is 15.4 Å². The van der Waals surface area contributed by atoms with E-state index in [0.29, 0.717) is 12.3 Å². The van der Waals surface area contributed by atoms with Crippen molar-refractivity contribution in [3.8, 4) is 0 Å². The fraction of sp³-hybridized carbons (Fsp3) is 0.846. The van der Waals surface area contributed by atoms with E-state index in [9.17, 15) is 9.59 Å². The first-order chi connectivity index (χ1) is 8.68. The van der Waals surface area contributed by atoms with Crippen LogP contribution in [0.3, 0.4) is 0 Å². The highest BCUT2D eigenvalue weighted by Gasteiger charge is 2.37. The van der Waals surface area contributed by atoms with E-state index in [1.54, 1.807) is 7.11 Å². The Labute approximate surface area is 119 Å². The number of hydrogen-bond acceptors (Lipinski definition) is 4. The van der Waals surface area contributed by atoms with Gasteiger partial charge >= 0.3 is 0 Å². The average Bonchev–Trinajstić information content (AvgIpc) is 2.32. The summed E-state index contributed by atoms with van der Waals surface area (Å²) in [6.07, 6.45) is 0.731. The number of carbonyl (C=O) groups excluding carboxylic acids is 2. The summed E-state index contributed by atoms with van der Waals surface area (Å²) < 4.78 is 4.83. The minimum absolute atomic E-state index is 0.0823. The topological polar surface area (TPSA) is 67.4 Å². The fourth-order valence-electron chi connectivity index (χ4n) is 1.58. The molecular formula is C13H24N2O3S. The fourth-order valence-corrected chi connectivity index (χ4v) is 2.59. The molecule has 1 aliphatic heterocycles. The highest BCUT2D eigenvalue weighted by Crippen LogP contribution is 2.28. The van der Waals surface area contributed by atoms with E-state index in [1.165, 1.54) is 11.8 Å². The molecule has 1 aliphatic rings. The molecule has 5 nitrogen and oxygen atoms in total. The summed E-state index contributed by atoms with van der Waals surface area (Å²) in [7, 11) is 1.65. The predicted octanol–water partition coefficient (Wildman–Crippen LogP) is 0.928. The lowest BCUT2D eigenvalue weighted by atomic mass is 10.1. The number of amides is 2. The second kappa shape index (κ2) is 6.13. The highest BCUT2D eigenvalue weighted by molar-refractivity contribution is 8.01. The van der Waals surface area contributed by atoms with E-state index >= 15 is 0 Å². The van der Waals surface area contributed by atoms with Crippen molar-refractivity contribution in [2.75, 3.05) is 19.4 Å². The van der Waals surface area contributed by atoms with E-state index in [1.807, 2.05) is 27.7 Å². The number of nitrogens with one attached hydrogen (secondary N) is 2. The lowest BCUT2D eigenvalue weighted by Gasteiger charge is -2.33. The van der Waals surface area contributed by atoms with E-state index in [0.717, 1.165) is 6.42 Å². The third-order valence-corrected chi connectivity index (χ3v) is 4.77. The molecule has 0 unspecified atom stereocenters. The maximum atomic E-state index is 11.9. The molecule has 0 aromatic heterocycles. The Bertz CT molecular complexity index is 356. The maximum Gasteiger partial charge on any atom is 0.243 e. The highest BCUT2D eigenvalue weighted by atomic mass is 32.2. The summed E-state index contributed by atoms with van der Waals surface area (Å²) >= 11 is 1.51. The number of hydrogen-bond donors (Lipinski definition) is 2. The van der Waals surface area contributed by atoms with Crippen molar-refractivity contribution in [1.82, 2.24) is 10.6 Å². The maximum absolute atomic E-state index is 11.9. The van der Waals surface area contributed by atoms with Gasteiger partial charge in [0.25, 0.3) is 0 Å². The van der Waals surface area contributed by atoms with E-state index in [-0.39, 0.29) is 17.4 Å². The zero-order chi connectivity index (χ0) is 14.7. The standard InChI is InChI=1S/C13H24N2O3S/c1-12(2,18-5)6-7-14-10(16)9-8-19-13(3,4)11(17)15-9/h9H,6-8H2,1-5H3,(H,14,16)(H,15,17)/t9-/m0/s1. The van der Waals surface area contributed by atoms with Gasteiger partial charge in [0.1, 0.15) is 6.04 Å². The number of ether oxygens (including phenoxy) is 1. The van der Waals surface area contributed by atoms with Crippen LogP contribution in [0.4, 0.5) is 0 Å². The summed E-state index contributed by atoms with van der Waals surface area (Å²) in [5, 5.41) is 5.61. The molecule has 1 saturated heterocycles. The monoisotopic (exact) mass is 288 g/mol. The van der Waals surface area contributed by atoms with Crippen molar-refractivity contribution < 1.29 is 14.3 Å². The second-order valence-corrected chi connectivity index (χ2v) is 7.49. The van der Waals surface area contributed by atoms with Crippen molar-refractivity contribution >= 4 is 23.6 Å². The molecule has 1 atom stereocenters. The van der Waals surface area contributed by atoms with Gasteiger partial charge in [-0.05, 0) is 34.1 Å². The molecule has 0 spiro atoms. The van der Waals surface area contributed by atoms with Crippen molar-refractivity contribution in [1.29, 1.82) is 0 Å². The van der Waals surface area contributed by atoms with Crippen LogP contribution in [0.5, 0.6) is 0 Å². The predicted molar refractivity (Wildman–Crippen MR) is 77.2 cm³/mol. The van der Waals surface area contributed by atoms with E-state index in [2.05, 4.69) is 10.6 Å². The summed E-state index contributed by atoms with van der Waals surface area (Å²) in [6, 6.07) is -0.434. The van der Waals surface area contributed by atoms with Gasteiger partial charge in [-0.25, -0.2) is 0 Å². The number of carbonyl (C=O) groups is 2. The van der Waals surface area contributed by atoms with Crippen LogP contribution in [0.1, 0.15) is 34.1 Å². The van der Waals surface area contributed by atoms with Crippen LogP contribution in [0.25, 0.3) is 0 Å². The van der Waals surface area contributed by atoms with Gasteiger partial charge in [0, 0.05) is 19.4 Å². The SMILES string of the molecule is COC(C)(C)CCNC(=O)[C@@H]1CSC(C)(C)C(=O)N1. The molecule has 2 amide bonds. The quantitative estimate of drug-likeness (QED) is 0.790. The Balaban J connectivity index is 2.38. The lowest BCUT2D eigenvalue weighted by molar-refractivity contribution is -0.129. The van der Waals surface area contributed by atoms with Crippen molar-refractivity contribution in [3.63, 3.8) is 0 Å². The normalized spacial score (nSPS) is 22.8. The second-order valence-electron chi connectivity index (χ2n) is 5.85. The molecule has 0 aliphatic carbocycles. The smallest absolute Gasteiger partial charge is 0.243 e. The third kappa shape index (κ3) is 4.69. The van der Waals surface area contributed by atoms with Gasteiger partial charge in [0.05, 0.1) is 10.3 Å². The van der Waals surface area contributed by atoms with Gasteiger partial charge in [-0.3, -0.25) is 9.59 Å². The van der Waals surface area contributed by atoms with E-state index < -0.39 is 10.8 Å². The van der Waals surface area contributed by atoms with Crippen molar-refractivity contribution in [2.24, 2.45) is 0 Å². The molecule has 0 bridgehead atoms. The minimum Gasteiger partial charge on any atom is -0.379 e. The van der Waals surface area contributed by atoms with Gasteiger partial charge in [0.15, 0.2) is 0 Å². The van der Waals surface area contributed by atoms with Crippen molar-refractivity contribution in [3.05, 3.63) is 0 Å². The molecule has 1 heterocycles. The first kappa shape index (κ1) is 16.3. The molecule has 2 N–H and O–H groups in total. The average molecular weight is 288 g/mol. The first-order valence-corrected chi connectivity index (χ1v) is 7.44. The zero-order valence-corrected chi connectivity index (χ0v) is 13.1. The van der Waals surface area contributed by atoms with Crippen LogP contribution in [-0.4, -0.2) is 47.6 Å². The number of thioether (sulfide) groups is 1. The largest absolute Gasteiger partial charge is 0.379 e. The van der Waals surface area contributed by atoms with Crippen LogP contribution in [0.15, 0.2) is 0 Å². The molecule has 19 heavy (non-hydrogen) atoms. The van der Waals surface area contributed by atoms with Crippen molar-refractivity contribution in [2.45, 2.75) is 50.5 Å². The zero-order valence-electron chi connectivity index (χ0n) is 12.3. The summed E-state index contributed by atoms with van der Waals surface area (Å²) in [5.74, 6) is 0.405. The molecule has 110 valence electrons. The number of rotatable bonds is 5. The summed E-state index contributed by atoms with van der Waals surface area (Å²) in [6.45, 7) is 8.21. The molecule has 0 aromatic carbocycles. The third-order valence-electron chi connectivity index (χ3n) is 3.36. The molecule has 0 radical (unpaired) electrons. The van der Waals surface area contributed by atoms with Gasteiger partial charge in [-0.15, -0.1) is 11.8 Å². The molecule has 0 saturated carbocycles. The van der Waals surface area contributed by atoms with E-state index in [4.69, 9.17) is 4.74 Å². The molecule has 0 aromatic rings. The van der Waals surface area contributed by atoms with Crippen LogP contribution >= 0.6 is 11.8 Å². The minimum atomic E-state index is -0.450. The van der Waals surface area contributed by atoms with Crippen LogP contribution in [0, 0.1) is 0 Å². The Hall–Kier alpha value is -0.750. The van der Waals surface area contributed by atoms with Gasteiger partial charge in [-0.2, -0.15) is 0 Å². The van der Waals surface area contributed by atoms with Gasteiger partial charge in [0.2, 0.25) is 11.8 Å². The Morgan fingerprint density at radius 1 is 1.58 bits per heavy atom. The molecular weight excluding hydrogens is 264 g/mol.